The Kier molecular flexibility index (Phi) is 14.0. The van der Waals surface area contributed by atoms with E-state index < -0.39 is 5.97 Å². The molecule has 1 aliphatic heterocycles. The molecule has 0 radical (unpaired) electrons. The molecule has 2 amide bonds. The maximum Gasteiger partial charge on any atom is 0.303 e. The van der Waals surface area contributed by atoms with Crippen molar-refractivity contribution in [2.24, 2.45) is 0 Å². The lowest BCUT2D eigenvalue weighted by Gasteiger charge is -2.11. The fourth-order valence-electron chi connectivity index (χ4n) is 4.97. The van der Waals surface area contributed by atoms with E-state index in [0.717, 1.165) is 53.1 Å². The van der Waals surface area contributed by atoms with Crippen LogP contribution in [0.3, 0.4) is 0 Å². The first-order chi connectivity index (χ1) is 19.0. The zero-order chi connectivity index (χ0) is 27.7. The lowest BCUT2D eigenvalue weighted by Crippen LogP contribution is -2.17. The van der Waals surface area contributed by atoms with Crippen LogP contribution in [0.15, 0.2) is 41.3 Å². The number of benzene rings is 2. The molecule has 1 heterocycles. The van der Waals surface area contributed by atoms with Gasteiger partial charge < -0.3 is 9.84 Å². The van der Waals surface area contributed by atoms with Crippen molar-refractivity contribution in [1.29, 1.82) is 0 Å². The van der Waals surface area contributed by atoms with Gasteiger partial charge in [-0.05, 0) is 47.7 Å². The fraction of sp³-hybridized carbons (Fsp3) is 0.531. The molecule has 7 heteroatoms. The zero-order valence-corrected chi connectivity index (χ0v) is 23.9. The fourth-order valence-corrected chi connectivity index (χ4v) is 5.64. The Morgan fingerprint density at radius 1 is 0.744 bits per heavy atom. The normalized spacial score (nSPS) is 14.3. The van der Waals surface area contributed by atoms with Crippen LogP contribution in [-0.2, 0) is 9.59 Å². The molecule has 1 fully saturated rings. The van der Waals surface area contributed by atoms with Gasteiger partial charge in [-0.3, -0.25) is 19.7 Å². The van der Waals surface area contributed by atoms with Crippen LogP contribution in [-0.4, -0.2) is 28.8 Å². The second kappa shape index (κ2) is 17.7. The molecule has 2 aromatic carbocycles. The zero-order valence-electron chi connectivity index (χ0n) is 23.1. The van der Waals surface area contributed by atoms with E-state index in [2.05, 4.69) is 5.32 Å². The Hall–Kier alpha value is -2.80. The molecule has 212 valence electrons. The van der Waals surface area contributed by atoms with Crippen molar-refractivity contribution in [3.05, 3.63) is 46.9 Å². The Morgan fingerprint density at radius 2 is 1.28 bits per heavy atom. The van der Waals surface area contributed by atoms with Crippen LogP contribution in [0.25, 0.3) is 16.8 Å². The first-order valence-corrected chi connectivity index (χ1v) is 15.5. The van der Waals surface area contributed by atoms with Crippen LogP contribution in [0.5, 0.6) is 5.75 Å². The number of ether oxygens (including phenoxy) is 1. The number of hydrogen-bond donors (Lipinski definition) is 2. The molecule has 0 unspecified atom stereocenters. The van der Waals surface area contributed by atoms with Gasteiger partial charge in [-0.25, -0.2) is 0 Å². The number of unbranched alkanes of at least 4 members (excludes halogenated alkanes) is 14. The van der Waals surface area contributed by atoms with E-state index >= 15 is 0 Å². The maximum absolute atomic E-state index is 11.9. The monoisotopic (exact) mass is 553 g/mol. The van der Waals surface area contributed by atoms with Crippen molar-refractivity contribution in [2.75, 3.05) is 6.61 Å². The smallest absolute Gasteiger partial charge is 0.303 e. The highest BCUT2D eigenvalue weighted by Gasteiger charge is 2.25. The number of aliphatic carboxylic acids is 1. The first-order valence-electron chi connectivity index (χ1n) is 14.7. The average Bonchev–Trinajstić information content (AvgIpc) is 3.24. The molecule has 1 saturated heterocycles. The van der Waals surface area contributed by atoms with Crippen molar-refractivity contribution >= 4 is 45.7 Å². The van der Waals surface area contributed by atoms with E-state index in [-0.39, 0.29) is 11.1 Å². The van der Waals surface area contributed by atoms with Crippen molar-refractivity contribution in [1.82, 2.24) is 5.32 Å². The highest BCUT2D eigenvalue weighted by molar-refractivity contribution is 8.18. The van der Waals surface area contributed by atoms with E-state index in [1.54, 1.807) is 6.08 Å². The lowest BCUT2D eigenvalue weighted by molar-refractivity contribution is -0.137. The number of carboxylic acids is 1. The summed E-state index contributed by atoms with van der Waals surface area (Å²) in [4.78, 5) is 34.3. The number of hydrogen-bond acceptors (Lipinski definition) is 5. The number of nitrogens with one attached hydrogen (secondary N) is 1. The van der Waals surface area contributed by atoms with E-state index in [1.165, 1.54) is 77.0 Å². The first kappa shape index (κ1) is 30.7. The second-order valence-electron chi connectivity index (χ2n) is 10.3. The Balaban J connectivity index is 1.22. The number of thioether (sulfide) groups is 1. The summed E-state index contributed by atoms with van der Waals surface area (Å²) < 4.78 is 6.13. The lowest BCUT2D eigenvalue weighted by atomic mass is 10.0. The summed E-state index contributed by atoms with van der Waals surface area (Å²) in [5.74, 6) is -0.168. The molecule has 39 heavy (non-hydrogen) atoms. The number of amides is 2. The van der Waals surface area contributed by atoms with Gasteiger partial charge in [-0.15, -0.1) is 0 Å². The summed E-state index contributed by atoms with van der Waals surface area (Å²) in [5, 5.41) is 12.6. The molecular formula is C32H43NO5S. The SMILES string of the molecule is O=C(O)CCCCCCCCCCCCCCCCCOc1ccc(C=C2SC(=O)NC2=O)c2ccccc12. The van der Waals surface area contributed by atoms with Crippen molar-refractivity contribution in [3.63, 3.8) is 0 Å². The predicted molar refractivity (Wildman–Crippen MR) is 160 cm³/mol. The van der Waals surface area contributed by atoms with Crippen molar-refractivity contribution < 1.29 is 24.2 Å². The molecule has 0 spiro atoms. The molecular weight excluding hydrogens is 510 g/mol. The second-order valence-corrected chi connectivity index (χ2v) is 11.4. The third-order valence-corrected chi connectivity index (χ3v) is 7.95. The van der Waals surface area contributed by atoms with E-state index in [4.69, 9.17) is 9.84 Å². The molecule has 0 bridgehead atoms. The molecule has 6 nitrogen and oxygen atoms in total. The number of carbonyl (C=O) groups is 3. The van der Waals surface area contributed by atoms with Gasteiger partial charge in [0.2, 0.25) is 0 Å². The summed E-state index contributed by atoms with van der Waals surface area (Å²) in [6.07, 6.45) is 20.3. The summed E-state index contributed by atoms with van der Waals surface area (Å²) in [6, 6.07) is 11.9. The highest BCUT2D eigenvalue weighted by atomic mass is 32.2. The van der Waals surface area contributed by atoms with Crippen LogP contribution in [0.2, 0.25) is 0 Å². The minimum Gasteiger partial charge on any atom is -0.493 e. The number of rotatable bonds is 20. The molecule has 0 aromatic heterocycles. The van der Waals surface area contributed by atoms with Gasteiger partial charge in [-0.1, -0.05) is 114 Å². The van der Waals surface area contributed by atoms with Gasteiger partial charge in [0, 0.05) is 11.8 Å². The molecule has 3 rings (SSSR count). The Morgan fingerprint density at radius 3 is 1.82 bits per heavy atom. The Bertz CT molecular complexity index is 1110. The number of carbonyl (C=O) groups excluding carboxylic acids is 2. The van der Waals surface area contributed by atoms with E-state index in [0.29, 0.717) is 17.9 Å². The van der Waals surface area contributed by atoms with Crippen LogP contribution < -0.4 is 10.1 Å². The maximum atomic E-state index is 11.9. The number of fused-ring (bicyclic) bond motifs is 1. The predicted octanol–water partition coefficient (Wildman–Crippen LogP) is 8.87. The summed E-state index contributed by atoms with van der Waals surface area (Å²) >= 11 is 0.933. The van der Waals surface area contributed by atoms with Crippen LogP contribution >= 0.6 is 11.8 Å². The summed E-state index contributed by atoms with van der Waals surface area (Å²) in [7, 11) is 0. The van der Waals surface area contributed by atoms with Crippen LogP contribution in [0.1, 0.15) is 108 Å². The van der Waals surface area contributed by atoms with Gasteiger partial charge in [0.1, 0.15) is 5.75 Å². The van der Waals surface area contributed by atoms with Gasteiger partial charge in [0.25, 0.3) is 11.1 Å². The quantitative estimate of drug-likeness (QED) is 0.126. The van der Waals surface area contributed by atoms with Gasteiger partial charge in [-0.2, -0.15) is 0 Å². The average molecular weight is 554 g/mol. The topological polar surface area (TPSA) is 92.7 Å². The van der Waals surface area contributed by atoms with Crippen molar-refractivity contribution in [2.45, 2.75) is 103 Å². The number of imide groups is 1. The largest absolute Gasteiger partial charge is 0.493 e. The summed E-state index contributed by atoms with van der Waals surface area (Å²) in [6.45, 7) is 0.691. The van der Waals surface area contributed by atoms with Gasteiger partial charge >= 0.3 is 5.97 Å². The highest BCUT2D eigenvalue weighted by Crippen LogP contribution is 2.33. The van der Waals surface area contributed by atoms with Crippen LogP contribution in [0.4, 0.5) is 4.79 Å². The minimum absolute atomic E-state index is 0.313. The molecule has 0 aliphatic carbocycles. The van der Waals surface area contributed by atoms with Gasteiger partial charge in [0.15, 0.2) is 0 Å². The third kappa shape index (κ3) is 11.5. The molecule has 0 atom stereocenters. The minimum atomic E-state index is -0.677. The van der Waals surface area contributed by atoms with Gasteiger partial charge in [0.05, 0.1) is 11.5 Å². The Labute approximate surface area is 237 Å². The van der Waals surface area contributed by atoms with Crippen molar-refractivity contribution in [3.8, 4) is 5.75 Å². The van der Waals surface area contributed by atoms with E-state index in [1.807, 2.05) is 36.4 Å². The molecule has 2 N–H and O–H groups in total. The molecule has 1 aliphatic rings. The molecule has 0 saturated carbocycles. The third-order valence-electron chi connectivity index (χ3n) is 7.14. The number of carboxylic acid groups (broad SMARTS) is 1. The van der Waals surface area contributed by atoms with Crippen LogP contribution in [0, 0.1) is 0 Å². The summed E-state index contributed by atoms with van der Waals surface area (Å²) in [5.41, 5.74) is 0.898. The standard InChI is InChI=1S/C32H43NO5S/c34-30(35)20-14-12-10-8-6-4-2-1-3-5-7-9-11-13-17-23-38-28-22-21-25(26-18-15-16-19-27(26)28)24-29-31(36)33-32(37)39-29/h15-16,18-19,21-22,24H,1-14,17,20,23H2,(H,34,35)(H,33,36,37). The van der Waals surface area contributed by atoms with E-state index in [9.17, 15) is 14.4 Å². The molecule has 2 aromatic rings.